The number of amides is 1. The zero-order chi connectivity index (χ0) is 14.4. The summed E-state index contributed by atoms with van der Waals surface area (Å²) in [5, 5.41) is 12.0. The van der Waals surface area contributed by atoms with Crippen molar-refractivity contribution in [2.45, 2.75) is 6.42 Å². The lowest BCUT2D eigenvalue weighted by Crippen LogP contribution is -2.31. The van der Waals surface area contributed by atoms with Gasteiger partial charge in [0, 0.05) is 12.2 Å². The fourth-order valence-corrected chi connectivity index (χ4v) is 1.68. The summed E-state index contributed by atoms with van der Waals surface area (Å²) < 4.78 is 0. The number of hydrogen-bond acceptors (Lipinski definition) is 3. The van der Waals surface area contributed by atoms with Crippen LogP contribution in [0.4, 0.5) is 5.69 Å². The first-order chi connectivity index (χ1) is 8.88. The number of carboxylic acids is 1. The fraction of sp³-hybridized carbons (Fsp3) is 0.333. The average molecular weight is 342 g/mol. The summed E-state index contributed by atoms with van der Waals surface area (Å²) in [5.41, 5.74) is 0.547. The number of benzene rings is 1. The quantitative estimate of drug-likeness (QED) is 0.835. The lowest BCUT2D eigenvalue weighted by atomic mass is 10.3. The molecule has 0 spiro atoms. The number of nitrogens with zero attached hydrogens (tertiary/aromatic N) is 1. The molecule has 5 nitrogen and oxygen atoms in total. The minimum absolute atomic E-state index is 0. The van der Waals surface area contributed by atoms with Crippen LogP contribution in [0.25, 0.3) is 0 Å². The molecule has 0 aliphatic rings. The first-order valence-corrected chi connectivity index (χ1v) is 6.29. The number of nitrogens with one attached hydrogen (secondary N) is 1. The van der Waals surface area contributed by atoms with Gasteiger partial charge in [0.15, 0.2) is 0 Å². The van der Waals surface area contributed by atoms with Crippen LogP contribution >= 0.6 is 35.6 Å². The Labute approximate surface area is 133 Å². The van der Waals surface area contributed by atoms with E-state index in [9.17, 15) is 9.59 Å². The molecule has 0 atom stereocenters. The molecular weight excluding hydrogens is 327 g/mol. The minimum atomic E-state index is -0.892. The highest BCUT2D eigenvalue weighted by atomic mass is 35.5. The normalized spacial score (nSPS) is 10.0. The zero-order valence-corrected chi connectivity index (χ0v) is 13.1. The maximum atomic E-state index is 11.7. The van der Waals surface area contributed by atoms with Gasteiger partial charge in [-0.05, 0) is 25.2 Å². The molecule has 0 saturated carbocycles. The van der Waals surface area contributed by atoms with Gasteiger partial charge in [-0.3, -0.25) is 14.5 Å². The van der Waals surface area contributed by atoms with Crippen LogP contribution < -0.4 is 5.32 Å². The van der Waals surface area contributed by atoms with E-state index in [0.29, 0.717) is 22.3 Å². The Balaban J connectivity index is 0.00000361. The second-order valence-electron chi connectivity index (χ2n) is 4.06. The van der Waals surface area contributed by atoms with E-state index in [0.717, 1.165) is 0 Å². The van der Waals surface area contributed by atoms with Crippen molar-refractivity contribution in [2.24, 2.45) is 0 Å². The monoisotopic (exact) mass is 340 g/mol. The van der Waals surface area contributed by atoms with Gasteiger partial charge >= 0.3 is 5.97 Å². The summed E-state index contributed by atoms with van der Waals surface area (Å²) in [4.78, 5) is 23.7. The van der Waals surface area contributed by atoms with Crippen molar-refractivity contribution in [3.8, 4) is 0 Å². The summed E-state index contributed by atoms with van der Waals surface area (Å²) >= 11 is 11.6. The molecule has 112 valence electrons. The Bertz CT molecular complexity index is 483. The van der Waals surface area contributed by atoms with Crippen molar-refractivity contribution < 1.29 is 14.7 Å². The third-order valence-corrected chi connectivity index (χ3v) is 3.06. The van der Waals surface area contributed by atoms with Gasteiger partial charge in [0.05, 0.1) is 23.0 Å². The highest BCUT2D eigenvalue weighted by Gasteiger charge is 2.09. The van der Waals surface area contributed by atoms with E-state index in [-0.39, 0.29) is 31.3 Å². The Hall–Kier alpha value is -1.01. The highest BCUT2D eigenvalue weighted by Crippen LogP contribution is 2.24. The minimum Gasteiger partial charge on any atom is -0.481 e. The number of rotatable bonds is 6. The number of anilines is 1. The third kappa shape index (κ3) is 6.96. The molecule has 8 heteroatoms. The molecule has 1 aromatic carbocycles. The first kappa shape index (κ1) is 19.0. The van der Waals surface area contributed by atoms with Gasteiger partial charge in [0.1, 0.15) is 0 Å². The Morgan fingerprint density at radius 2 is 1.95 bits per heavy atom. The number of aliphatic carboxylic acids is 1. The summed E-state index contributed by atoms with van der Waals surface area (Å²) in [6.07, 6.45) is -0.00342. The number of carboxylic acid groups (broad SMARTS) is 1. The van der Waals surface area contributed by atoms with Gasteiger partial charge in [-0.15, -0.1) is 12.4 Å². The van der Waals surface area contributed by atoms with Crippen molar-refractivity contribution in [3.63, 3.8) is 0 Å². The van der Waals surface area contributed by atoms with Crippen molar-refractivity contribution in [3.05, 3.63) is 28.2 Å². The fourth-order valence-electron chi connectivity index (χ4n) is 1.39. The van der Waals surface area contributed by atoms with E-state index >= 15 is 0 Å². The van der Waals surface area contributed by atoms with Gasteiger partial charge < -0.3 is 10.4 Å². The van der Waals surface area contributed by atoms with E-state index in [2.05, 4.69) is 5.32 Å². The van der Waals surface area contributed by atoms with Crippen LogP contribution in [0.2, 0.25) is 10.0 Å². The number of carbonyl (C=O) groups is 2. The van der Waals surface area contributed by atoms with Crippen LogP contribution in [0.3, 0.4) is 0 Å². The summed E-state index contributed by atoms with van der Waals surface area (Å²) in [7, 11) is 1.68. The van der Waals surface area contributed by atoms with Gasteiger partial charge in [0.25, 0.3) is 0 Å². The van der Waals surface area contributed by atoms with Crippen molar-refractivity contribution >= 4 is 53.2 Å². The van der Waals surface area contributed by atoms with Gasteiger partial charge in [-0.25, -0.2) is 0 Å². The van der Waals surface area contributed by atoms with Crippen LogP contribution in [-0.2, 0) is 9.59 Å². The van der Waals surface area contributed by atoms with Crippen LogP contribution in [0.15, 0.2) is 18.2 Å². The van der Waals surface area contributed by atoms with Crippen molar-refractivity contribution in [2.75, 3.05) is 25.5 Å². The molecule has 1 amide bonds. The van der Waals surface area contributed by atoms with Gasteiger partial charge in [-0.1, -0.05) is 23.2 Å². The molecule has 0 aliphatic carbocycles. The maximum Gasteiger partial charge on any atom is 0.304 e. The molecule has 0 bridgehead atoms. The molecule has 0 heterocycles. The van der Waals surface area contributed by atoms with Crippen LogP contribution in [0.5, 0.6) is 0 Å². The Morgan fingerprint density at radius 1 is 1.30 bits per heavy atom. The zero-order valence-electron chi connectivity index (χ0n) is 10.7. The topological polar surface area (TPSA) is 69.6 Å². The van der Waals surface area contributed by atoms with E-state index in [1.807, 2.05) is 0 Å². The molecule has 1 aromatic rings. The number of hydrogen-bond donors (Lipinski definition) is 2. The van der Waals surface area contributed by atoms with E-state index < -0.39 is 5.97 Å². The smallest absolute Gasteiger partial charge is 0.304 e. The summed E-state index contributed by atoms with van der Waals surface area (Å²) in [6.45, 7) is 0.414. The van der Waals surface area contributed by atoms with Crippen LogP contribution in [0, 0.1) is 0 Å². The number of likely N-dealkylation sites (N-methyl/N-ethyl adjacent to an activating group) is 1. The van der Waals surface area contributed by atoms with E-state index in [1.165, 1.54) is 0 Å². The molecule has 0 radical (unpaired) electrons. The van der Waals surface area contributed by atoms with E-state index in [1.54, 1.807) is 30.1 Å². The molecule has 0 fully saturated rings. The molecular formula is C12H15Cl3N2O3. The lowest BCUT2D eigenvalue weighted by Gasteiger charge is -2.15. The second-order valence-corrected chi connectivity index (χ2v) is 4.87. The molecule has 0 saturated heterocycles. The van der Waals surface area contributed by atoms with E-state index in [4.69, 9.17) is 28.3 Å². The maximum absolute atomic E-state index is 11.7. The SMILES string of the molecule is CN(CCC(=O)O)CC(=O)Nc1ccc(Cl)c(Cl)c1.Cl. The third-order valence-electron chi connectivity index (χ3n) is 2.32. The first-order valence-electron chi connectivity index (χ1n) is 5.53. The predicted molar refractivity (Wildman–Crippen MR) is 82.1 cm³/mol. The molecule has 0 aromatic heterocycles. The number of halogens is 3. The average Bonchev–Trinajstić information content (AvgIpc) is 2.31. The largest absolute Gasteiger partial charge is 0.481 e. The molecule has 2 N–H and O–H groups in total. The Morgan fingerprint density at radius 3 is 2.50 bits per heavy atom. The molecule has 0 unspecified atom stereocenters. The number of carbonyl (C=O) groups excluding carboxylic acids is 1. The Kier molecular flexibility index (Phi) is 8.57. The lowest BCUT2D eigenvalue weighted by molar-refractivity contribution is -0.137. The highest BCUT2D eigenvalue weighted by molar-refractivity contribution is 6.42. The molecule has 0 aliphatic heterocycles. The second kappa shape index (κ2) is 9.02. The van der Waals surface area contributed by atoms with Crippen LogP contribution in [0.1, 0.15) is 6.42 Å². The van der Waals surface area contributed by atoms with Crippen molar-refractivity contribution in [1.29, 1.82) is 0 Å². The van der Waals surface area contributed by atoms with Crippen molar-refractivity contribution in [1.82, 2.24) is 4.90 Å². The molecule has 1 rings (SSSR count). The summed E-state index contributed by atoms with van der Waals surface area (Å²) in [6, 6.07) is 4.79. The summed E-state index contributed by atoms with van der Waals surface area (Å²) in [5.74, 6) is -1.14. The molecule has 20 heavy (non-hydrogen) atoms. The van der Waals surface area contributed by atoms with Crippen LogP contribution in [-0.4, -0.2) is 42.0 Å². The predicted octanol–water partition coefficient (Wildman–Crippen LogP) is 2.76. The standard InChI is InChI=1S/C12H14Cl2N2O3.ClH/c1-16(5-4-12(18)19)7-11(17)15-8-2-3-9(13)10(14)6-8;/h2-3,6H,4-5,7H2,1H3,(H,15,17)(H,18,19);1H. The van der Waals surface area contributed by atoms with Gasteiger partial charge in [0.2, 0.25) is 5.91 Å². The van der Waals surface area contributed by atoms with Gasteiger partial charge in [-0.2, -0.15) is 0 Å².